The first-order valence-corrected chi connectivity index (χ1v) is 14.2. The summed E-state index contributed by atoms with van der Waals surface area (Å²) < 4.78 is 26.6. The molecule has 1 aliphatic carbocycles. The van der Waals surface area contributed by atoms with Gasteiger partial charge in [0.15, 0.2) is 4.80 Å². The number of anilines is 1. The van der Waals surface area contributed by atoms with Gasteiger partial charge in [-0.1, -0.05) is 11.3 Å². The standard InChI is InChI=1S/C24H26FN3O5S3/c1-3-33-10-9-28-16-8-7-14(25)11-18(16)36-24(28)27-20(30)13-34-12-19(29)26-22-21(23(31)32-2)15-5-4-6-17(15)35-22/h7-8,11H,3-6,9-10,12-13H2,1-2H3,(H,26,29). The number of nitrogens with zero attached hydrogens (tertiary/aromatic N) is 2. The van der Waals surface area contributed by atoms with Crippen molar-refractivity contribution in [2.45, 2.75) is 32.7 Å². The lowest BCUT2D eigenvalue weighted by Gasteiger charge is -2.07. The number of rotatable bonds is 10. The van der Waals surface area contributed by atoms with Gasteiger partial charge < -0.3 is 19.4 Å². The molecule has 3 aromatic rings. The second-order valence-corrected chi connectivity index (χ2v) is 11.0. The van der Waals surface area contributed by atoms with Gasteiger partial charge in [0.2, 0.25) is 5.91 Å². The predicted octanol–water partition coefficient (Wildman–Crippen LogP) is 4.01. The molecule has 2 heterocycles. The van der Waals surface area contributed by atoms with Gasteiger partial charge in [0.25, 0.3) is 5.91 Å². The van der Waals surface area contributed by atoms with Crippen LogP contribution in [0.1, 0.15) is 34.1 Å². The van der Waals surface area contributed by atoms with Gasteiger partial charge in [-0.15, -0.1) is 23.1 Å². The number of thiazole rings is 1. The van der Waals surface area contributed by atoms with Gasteiger partial charge in [-0.3, -0.25) is 9.59 Å². The summed E-state index contributed by atoms with van der Waals surface area (Å²) in [6.45, 7) is 3.39. The van der Waals surface area contributed by atoms with Crippen LogP contribution in [0, 0.1) is 5.82 Å². The summed E-state index contributed by atoms with van der Waals surface area (Å²) in [5.74, 6) is -1.46. The Morgan fingerprint density at radius 2 is 2.06 bits per heavy atom. The Balaban J connectivity index is 1.40. The molecule has 2 amide bonds. The molecule has 1 aromatic carbocycles. The average Bonchev–Trinajstić information content (AvgIpc) is 3.51. The molecule has 0 bridgehead atoms. The molecule has 0 radical (unpaired) electrons. The smallest absolute Gasteiger partial charge is 0.341 e. The van der Waals surface area contributed by atoms with E-state index in [0.29, 0.717) is 39.8 Å². The van der Waals surface area contributed by atoms with Gasteiger partial charge in [0.05, 0.1) is 41.0 Å². The summed E-state index contributed by atoms with van der Waals surface area (Å²) in [6, 6.07) is 4.46. The van der Waals surface area contributed by atoms with E-state index >= 15 is 0 Å². The average molecular weight is 552 g/mol. The highest BCUT2D eigenvalue weighted by Gasteiger charge is 2.28. The first kappa shape index (κ1) is 26.5. The maximum absolute atomic E-state index is 13.7. The number of hydrogen-bond acceptors (Lipinski definition) is 8. The summed E-state index contributed by atoms with van der Waals surface area (Å²) in [5, 5.41) is 3.30. The molecule has 0 aliphatic heterocycles. The molecule has 0 spiro atoms. The predicted molar refractivity (Wildman–Crippen MR) is 140 cm³/mol. The van der Waals surface area contributed by atoms with Crippen LogP contribution in [0.3, 0.4) is 0 Å². The molecule has 12 heteroatoms. The quantitative estimate of drug-likeness (QED) is 0.302. The highest BCUT2D eigenvalue weighted by Crippen LogP contribution is 2.39. The SMILES string of the molecule is CCOCCn1c(=NC(=O)CSCC(=O)Nc2sc3c(c2C(=O)OC)CCC3)sc2cc(F)ccc21. The van der Waals surface area contributed by atoms with Crippen LogP contribution >= 0.6 is 34.4 Å². The summed E-state index contributed by atoms with van der Waals surface area (Å²) in [7, 11) is 1.32. The number of thioether (sulfide) groups is 1. The van der Waals surface area contributed by atoms with Crippen molar-refractivity contribution in [2.75, 3.05) is 37.1 Å². The molecule has 2 aromatic heterocycles. The van der Waals surface area contributed by atoms with Crippen LogP contribution in [0.2, 0.25) is 0 Å². The highest BCUT2D eigenvalue weighted by atomic mass is 32.2. The van der Waals surface area contributed by atoms with Crippen molar-refractivity contribution in [2.24, 2.45) is 4.99 Å². The number of aryl methyl sites for hydroxylation is 1. The lowest BCUT2D eigenvalue weighted by Crippen LogP contribution is -2.20. The van der Waals surface area contributed by atoms with E-state index in [9.17, 15) is 18.8 Å². The maximum atomic E-state index is 13.7. The molecule has 0 fully saturated rings. The second-order valence-electron chi connectivity index (χ2n) is 7.94. The number of amides is 2. The Morgan fingerprint density at radius 1 is 1.22 bits per heavy atom. The van der Waals surface area contributed by atoms with E-state index in [-0.39, 0.29) is 23.2 Å². The number of hydrogen-bond donors (Lipinski definition) is 1. The van der Waals surface area contributed by atoms with Gasteiger partial charge in [0.1, 0.15) is 10.8 Å². The number of halogens is 1. The van der Waals surface area contributed by atoms with E-state index in [2.05, 4.69) is 10.3 Å². The van der Waals surface area contributed by atoms with E-state index in [4.69, 9.17) is 9.47 Å². The van der Waals surface area contributed by atoms with Crippen molar-refractivity contribution >= 4 is 67.4 Å². The highest BCUT2D eigenvalue weighted by molar-refractivity contribution is 8.00. The Labute approximate surface area is 219 Å². The van der Waals surface area contributed by atoms with Crippen molar-refractivity contribution < 1.29 is 28.2 Å². The zero-order valence-electron chi connectivity index (χ0n) is 19.9. The summed E-state index contributed by atoms with van der Waals surface area (Å²) in [5.41, 5.74) is 2.19. The van der Waals surface area contributed by atoms with E-state index < -0.39 is 11.9 Å². The van der Waals surface area contributed by atoms with Crippen LogP contribution in [0.4, 0.5) is 9.39 Å². The van der Waals surface area contributed by atoms with Gasteiger partial charge in [-0.05, 0) is 49.9 Å². The fourth-order valence-corrected chi connectivity index (χ4v) is 6.98. The van der Waals surface area contributed by atoms with Gasteiger partial charge >= 0.3 is 5.97 Å². The van der Waals surface area contributed by atoms with Gasteiger partial charge in [-0.2, -0.15) is 4.99 Å². The fraction of sp³-hybridized carbons (Fsp3) is 0.417. The molecule has 8 nitrogen and oxygen atoms in total. The zero-order valence-corrected chi connectivity index (χ0v) is 22.4. The number of aromatic nitrogens is 1. The maximum Gasteiger partial charge on any atom is 0.341 e. The molecule has 4 rings (SSSR count). The number of fused-ring (bicyclic) bond motifs is 2. The first-order chi connectivity index (χ1) is 17.4. The van der Waals surface area contributed by atoms with Crippen molar-refractivity contribution in [1.29, 1.82) is 0 Å². The fourth-order valence-electron chi connectivity index (χ4n) is 3.99. The third kappa shape index (κ3) is 6.05. The number of benzene rings is 1. The third-order valence-electron chi connectivity index (χ3n) is 5.55. The zero-order chi connectivity index (χ0) is 25.7. The van der Waals surface area contributed by atoms with Crippen LogP contribution in [0.5, 0.6) is 0 Å². The van der Waals surface area contributed by atoms with Crippen molar-refractivity contribution in [3.8, 4) is 0 Å². The number of esters is 1. The van der Waals surface area contributed by atoms with E-state index in [1.165, 1.54) is 41.9 Å². The summed E-state index contributed by atoms with van der Waals surface area (Å²) >= 11 is 3.78. The van der Waals surface area contributed by atoms with Crippen molar-refractivity contribution in [1.82, 2.24) is 4.57 Å². The minimum absolute atomic E-state index is 0.00624. The molecule has 0 atom stereocenters. The van der Waals surface area contributed by atoms with Crippen LogP contribution < -0.4 is 10.1 Å². The molecule has 0 saturated heterocycles. The molecule has 0 unspecified atom stereocenters. The minimum atomic E-state index is -0.452. The van der Waals surface area contributed by atoms with Crippen molar-refractivity contribution in [3.05, 3.63) is 44.8 Å². The Kier molecular flexibility index (Phi) is 8.94. The minimum Gasteiger partial charge on any atom is -0.465 e. The topological polar surface area (TPSA) is 99.0 Å². The van der Waals surface area contributed by atoms with Gasteiger partial charge in [-0.25, -0.2) is 9.18 Å². The Morgan fingerprint density at radius 3 is 2.83 bits per heavy atom. The molecule has 0 saturated carbocycles. The summed E-state index contributed by atoms with van der Waals surface area (Å²) in [6.07, 6.45) is 2.67. The number of carbonyl (C=O) groups is 3. The van der Waals surface area contributed by atoms with Gasteiger partial charge in [0, 0.05) is 18.0 Å². The Bertz CT molecular complexity index is 1360. The normalized spacial score (nSPS) is 13.2. The number of nitrogens with one attached hydrogen (secondary N) is 1. The molecular weight excluding hydrogens is 525 g/mol. The molecule has 192 valence electrons. The van der Waals surface area contributed by atoms with Crippen LogP contribution in [-0.2, 0) is 38.4 Å². The van der Waals surface area contributed by atoms with E-state index in [0.717, 1.165) is 47.0 Å². The van der Waals surface area contributed by atoms with Crippen LogP contribution in [0.25, 0.3) is 10.2 Å². The number of ether oxygens (including phenoxy) is 2. The molecular formula is C24H26FN3O5S3. The monoisotopic (exact) mass is 551 g/mol. The molecule has 36 heavy (non-hydrogen) atoms. The number of carbonyl (C=O) groups excluding carboxylic acids is 3. The largest absolute Gasteiger partial charge is 0.465 e. The van der Waals surface area contributed by atoms with Crippen LogP contribution in [-0.4, -0.2) is 54.2 Å². The third-order valence-corrected chi connectivity index (χ3v) is 8.72. The molecule has 1 aliphatic rings. The Hall–Kier alpha value is -2.54. The first-order valence-electron chi connectivity index (χ1n) is 11.5. The number of thiophene rings is 1. The second kappa shape index (κ2) is 12.1. The van der Waals surface area contributed by atoms with Crippen LogP contribution in [0.15, 0.2) is 23.2 Å². The lowest BCUT2D eigenvalue weighted by molar-refractivity contribution is -0.115. The summed E-state index contributed by atoms with van der Waals surface area (Å²) in [4.78, 5) is 43.1. The van der Waals surface area contributed by atoms with Crippen molar-refractivity contribution in [3.63, 3.8) is 0 Å². The molecule has 1 N–H and O–H groups in total. The van der Waals surface area contributed by atoms with E-state index in [1.807, 2.05) is 11.5 Å². The number of methoxy groups -OCH3 is 1. The van der Waals surface area contributed by atoms with E-state index in [1.54, 1.807) is 6.07 Å². The lowest BCUT2D eigenvalue weighted by atomic mass is 10.1.